The van der Waals surface area contributed by atoms with Crippen LogP contribution in [-0.2, 0) is 13.0 Å². The van der Waals surface area contributed by atoms with Crippen LogP contribution in [0.15, 0.2) is 15.8 Å². The first-order valence-corrected chi connectivity index (χ1v) is 11.6. The van der Waals surface area contributed by atoms with Crippen molar-refractivity contribution in [2.45, 2.75) is 52.5 Å². The van der Waals surface area contributed by atoms with Crippen LogP contribution < -0.4 is 15.5 Å². The second-order valence-corrected chi connectivity index (χ2v) is 8.79. The van der Waals surface area contributed by atoms with Crippen LogP contribution in [0.1, 0.15) is 55.9 Å². The van der Waals surface area contributed by atoms with Crippen molar-refractivity contribution in [2.75, 3.05) is 31.1 Å². The Labute approximate surface area is 170 Å². The molecular weight excluding hydrogens is 376 g/mol. The summed E-state index contributed by atoms with van der Waals surface area (Å²) in [5.74, 6) is 1.31. The molecule has 0 saturated carbocycles. The lowest BCUT2D eigenvalue weighted by atomic mass is 10.2. The van der Waals surface area contributed by atoms with Gasteiger partial charge in [0.15, 0.2) is 11.1 Å². The maximum atomic E-state index is 4.78. The van der Waals surface area contributed by atoms with Gasteiger partial charge in [-0.1, -0.05) is 13.8 Å². The Balaban J connectivity index is 1.48. The van der Waals surface area contributed by atoms with E-state index in [4.69, 9.17) is 4.98 Å². The van der Waals surface area contributed by atoms with Gasteiger partial charge in [0.1, 0.15) is 5.01 Å². The van der Waals surface area contributed by atoms with Crippen LogP contribution in [0.25, 0.3) is 0 Å². The minimum absolute atomic E-state index is 0.467. The zero-order valence-electron chi connectivity index (χ0n) is 16.5. The second kappa shape index (κ2) is 10.0. The van der Waals surface area contributed by atoms with Gasteiger partial charge in [-0.15, -0.1) is 22.7 Å². The zero-order chi connectivity index (χ0) is 19.1. The average Bonchev–Trinajstić information content (AvgIpc) is 3.39. The fourth-order valence-corrected chi connectivity index (χ4v) is 4.72. The summed E-state index contributed by atoms with van der Waals surface area (Å²) in [5, 5.41) is 13.3. The van der Waals surface area contributed by atoms with Gasteiger partial charge in [-0.25, -0.2) is 15.0 Å². The Hall–Kier alpha value is -1.67. The molecule has 3 rings (SSSR count). The molecule has 0 radical (unpaired) electrons. The Kier molecular flexibility index (Phi) is 7.46. The number of hydrogen-bond donors (Lipinski definition) is 2. The maximum Gasteiger partial charge on any atom is 0.191 e. The van der Waals surface area contributed by atoms with Crippen LogP contribution in [0, 0.1) is 0 Å². The Morgan fingerprint density at radius 3 is 2.70 bits per heavy atom. The average molecular weight is 407 g/mol. The van der Waals surface area contributed by atoms with Crippen LogP contribution in [0.3, 0.4) is 0 Å². The predicted molar refractivity (Wildman–Crippen MR) is 116 cm³/mol. The fraction of sp³-hybridized carbons (Fsp3) is 0.632. The molecule has 0 bridgehead atoms. The minimum atomic E-state index is 0.467. The van der Waals surface area contributed by atoms with E-state index in [-0.39, 0.29) is 0 Å². The first-order chi connectivity index (χ1) is 13.2. The van der Waals surface area contributed by atoms with Gasteiger partial charge in [-0.3, -0.25) is 0 Å². The summed E-state index contributed by atoms with van der Waals surface area (Å²) in [6, 6.07) is 0. The summed E-state index contributed by atoms with van der Waals surface area (Å²) in [7, 11) is 0. The molecule has 0 aromatic carbocycles. The van der Waals surface area contributed by atoms with Crippen molar-refractivity contribution in [1.29, 1.82) is 0 Å². The van der Waals surface area contributed by atoms with Gasteiger partial charge < -0.3 is 15.5 Å². The Morgan fingerprint density at radius 1 is 1.19 bits per heavy atom. The summed E-state index contributed by atoms with van der Waals surface area (Å²) in [5.41, 5.74) is 2.31. The summed E-state index contributed by atoms with van der Waals surface area (Å²) in [6.45, 7) is 11.0. The van der Waals surface area contributed by atoms with E-state index in [9.17, 15) is 0 Å². The number of guanidine groups is 1. The molecule has 8 heteroatoms. The van der Waals surface area contributed by atoms with E-state index in [1.165, 1.54) is 18.0 Å². The van der Waals surface area contributed by atoms with E-state index >= 15 is 0 Å². The molecule has 27 heavy (non-hydrogen) atoms. The highest BCUT2D eigenvalue weighted by atomic mass is 32.1. The zero-order valence-corrected chi connectivity index (χ0v) is 18.1. The van der Waals surface area contributed by atoms with Crippen LogP contribution in [0.2, 0.25) is 0 Å². The molecule has 0 unspecified atom stereocenters. The third kappa shape index (κ3) is 5.90. The molecule has 1 fully saturated rings. The normalized spacial score (nSPS) is 15.0. The van der Waals surface area contributed by atoms with E-state index in [1.54, 1.807) is 22.7 Å². The highest BCUT2D eigenvalue weighted by Gasteiger charge is 2.15. The van der Waals surface area contributed by atoms with E-state index < -0.39 is 0 Å². The predicted octanol–water partition coefficient (Wildman–Crippen LogP) is 3.62. The molecule has 3 heterocycles. The van der Waals surface area contributed by atoms with Crippen LogP contribution in [0.4, 0.5) is 5.13 Å². The third-order valence-corrected chi connectivity index (χ3v) is 6.27. The molecule has 2 N–H and O–H groups in total. The largest absolute Gasteiger partial charge is 0.357 e. The van der Waals surface area contributed by atoms with E-state index in [2.05, 4.69) is 57.0 Å². The first-order valence-electron chi connectivity index (χ1n) is 9.81. The number of rotatable bonds is 8. The van der Waals surface area contributed by atoms with Gasteiger partial charge in [0.2, 0.25) is 0 Å². The Morgan fingerprint density at radius 2 is 2.00 bits per heavy atom. The summed E-state index contributed by atoms with van der Waals surface area (Å²) >= 11 is 3.45. The molecule has 1 aliphatic heterocycles. The molecule has 1 saturated heterocycles. The first kappa shape index (κ1) is 20.1. The van der Waals surface area contributed by atoms with Crippen molar-refractivity contribution >= 4 is 33.8 Å². The van der Waals surface area contributed by atoms with Gasteiger partial charge in [-0.05, 0) is 25.7 Å². The van der Waals surface area contributed by atoms with Gasteiger partial charge in [0.25, 0.3) is 0 Å². The Bertz CT molecular complexity index is 730. The lowest BCUT2D eigenvalue weighted by Crippen LogP contribution is -2.38. The van der Waals surface area contributed by atoms with Crippen molar-refractivity contribution in [1.82, 2.24) is 20.6 Å². The number of aliphatic imine (C=N–C) groups is 1. The summed E-state index contributed by atoms with van der Waals surface area (Å²) < 4.78 is 0. The summed E-state index contributed by atoms with van der Waals surface area (Å²) in [6.07, 6.45) is 3.48. The quantitative estimate of drug-likeness (QED) is 0.518. The fourth-order valence-electron chi connectivity index (χ4n) is 2.93. The smallest absolute Gasteiger partial charge is 0.191 e. The standard InChI is InChI=1S/C19H30N6S2/c1-4-20-18(22-11-17-24-16(13-26-17)14(2)3)21-8-7-15-12-27-19(23-15)25-9-5-6-10-25/h12-14H,4-11H2,1-3H3,(H2,20,21,22). The lowest BCUT2D eigenvalue weighted by molar-refractivity contribution is 0.785. The molecule has 148 valence electrons. The lowest BCUT2D eigenvalue weighted by Gasteiger charge is -2.12. The number of hydrogen-bond acceptors (Lipinski definition) is 6. The van der Waals surface area contributed by atoms with E-state index in [0.717, 1.165) is 55.0 Å². The van der Waals surface area contributed by atoms with Crippen molar-refractivity contribution in [2.24, 2.45) is 4.99 Å². The molecular formula is C19H30N6S2. The van der Waals surface area contributed by atoms with Gasteiger partial charge in [0, 0.05) is 43.4 Å². The van der Waals surface area contributed by atoms with E-state index in [1.807, 2.05) is 0 Å². The topological polar surface area (TPSA) is 65.4 Å². The maximum absolute atomic E-state index is 4.78. The molecule has 2 aromatic heterocycles. The molecule has 0 aliphatic carbocycles. The third-order valence-electron chi connectivity index (χ3n) is 4.47. The number of aromatic nitrogens is 2. The molecule has 1 aliphatic rings. The molecule has 2 aromatic rings. The molecule has 0 spiro atoms. The number of nitrogens with zero attached hydrogens (tertiary/aromatic N) is 4. The van der Waals surface area contributed by atoms with Gasteiger partial charge >= 0.3 is 0 Å². The van der Waals surface area contributed by atoms with Crippen molar-refractivity contribution in [3.05, 3.63) is 27.2 Å². The monoisotopic (exact) mass is 406 g/mol. The van der Waals surface area contributed by atoms with Crippen LogP contribution in [0.5, 0.6) is 0 Å². The van der Waals surface area contributed by atoms with Gasteiger partial charge in [-0.2, -0.15) is 0 Å². The summed E-state index contributed by atoms with van der Waals surface area (Å²) in [4.78, 5) is 16.5. The van der Waals surface area contributed by atoms with Gasteiger partial charge in [0.05, 0.1) is 17.9 Å². The number of nitrogens with one attached hydrogen (secondary N) is 2. The minimum Gasteiger partial charge on any atom is -0.357 e. The molecule has 0 atom stereocenters. The van der Waals surface area contributed by atoms with Crippen molar-refractivity contribution in [3.8, 4) is 0 Å². The molecule has 0 amide bonds. The van der Waals surface area contributed by atoms with Crippen molar-refractivity contribution < 1.29 is 0 Å². The highest BCUT2D eigenvalue weighted by molar-refractivity contribution is 7.13. The SMILES string of the molecule is CCNC(=NCc1nc(C(C)C)cs1)NCCc1csc(N2CCCC2)n1. The molecule has 6 nitrogen and oxygen atoms in total. The highest BCUT2D eigenvalue weighted by Crippen LogP contribution is 2.24. The van der Waals surface area contributed by atoms with Crippen LogP contribution >= 0.6 is 22.7 Å². The van der Waals surface area contributed by atoms with Crippen LogP contribution in [-0.4, -0.2) is 42.1 Å². The number of anilines is 1. The second-order valence-electron chi connectivity index (χ2n) is 7.01. The van der Waals surface area contributed by atoms with Crippen molar-refractivity contribution in [3.63, 3.8) is 0 Å². The number of thiazole rings is 2. The van der Waals surface area contributed by atoms with E-state index in [0.29, 0.717) is 12.5 Å².